The van der Waals surface area contributed by atoms with Gasteiger partial charge in [0.15, 0.2) is 0 Å². The molecule has 16 heavy (non-hydrogen) atoms. The third-order valence-corrected chi connectivity index (χ3v) is 3.28. The van der Waals surface area contributed by atoms with Crippen LogP contribution in [0.15, 0.2) is 16.9 Å². The summed E-state index contributed by atoms with van der Waals surface area (Å²) in [6.45, 7) is 2.40. The van der Waals surface area contributed by atoms with E-state index in [1.807, 2.05) is 6.92 Å². The fraction of sp³-hybridized carbons (Fsp3) is 0.500. The van der Waals surface area contributed by atoms with Gasteiger partial charge in [0.1, 0.15) is 5.56 Å². The number of nitrogens with zero attached hydrogens (tertiary/aromatic N) is 1. The van der Waals surface area contributed by atoms with Crippen LogP contribution in [0.4, 0.5) is 0 Å². The van der Waals surface area contributed by atoms with Crippen LogP contribution in [0.2, 0.25) is 0 Å². The monoisotopic (exact) mass is 221 g/mol. The molecule has 1 aromatic heterocycles. The van der Waals surface area contributed by atoms with Crippen LogP contribution >= 0.6 is 0 Å². The van der Waals surface area contributed by atoms with Gasteiger partial charge in [-0.15, -0.1) is 0 Å². The Bertz CT molecular complexity index is 472. The maximum absolute atomic E-state index is 11.9. The van der Waals surface area contributed by atoms with Gasteiger partial charge < -0.3 is 9.67 Å². The first-order valence-electron chi connectivity index (χ1n) is 5.62. The molecular weight excluding hydrogens is 206 g/mol. The Hall–Kier alpha value is -1.58. The van der Waals surface area contributed by atoms with Crippen molar-refractivity contribution < 1.29 is 9.90 Å². The van der Waals surface area contributed by atoms with Gasteiger partial charge in [-0.05, 0) is 37.8 Å². The fourth-order valence-electron chi connectivity index (χ4n) is 2.14. The summed E-state index contributed by atoms with van der Waals surface area (Å²) < 4.78 is 1.59. The third kappa shape index (κ3) is 1.64. The van der Waals surface area contributed by atoms with Crippen LogP contribution in [0.5, 0.6) is 0 Å². The van der Waals surface area contributed by atoms with E-state index in [2.05, 4.69) is 0 Å². The molecule has 1 aromatic rings. The molecule has 0 saturated heterocycles. The van der Waals surface area contributed by atoms with Gasteiger partial charge in [-0.3, -0.25) is 4.79 Å². The Morgan fingerprint density at radius 2 is 2.19 bits per heavy atom. The first-order chi connectivity index (χ1) is 7.65. The van der Waals surface area contributed by atoms with E-state index in [0.29, 0.717) is 12.5 Å². The van der Waals surface area contributed by atoms with Gasteiger partial charge in [-0.25, -0.2) is 4.79 Å². The number of hydrogen-bond donors (Lipinski definition) is 1. The minimum atomic E-state index is -1.15. The molecule has 0 bridgehead atoms. The maximum atomic E-state index is 11.9. The molecule has 0 aliphatic heterocycles. The first-order valence-corrected chi connectivity index (χ1v) is 5.62. The highest BCUT2D eigenvalue weighted by molar-refractivity contribution is 5.87. The molecule has 0 atom stereocenters. The number of hydrogen-bond acceptors (Lipinski definition) is 2. The summed E-state index contributed by atoms with van der Waals surface area (Å²) in [5, 5.41) is 8.87. The first kappa shape index (κ1) is 10.9. The molecule has 1 aliphatic carbocycles. The standard InChI is InChI=1S/C12H15NO3/c1-2-13-10(8-4-3-5-8)7-6-9(11(13)14)12(15)16/h6-8H,2-5H2,1H3,(H,15,16). The van der Waals surface area contributed by atoms with E-state index in [1.54, 1.807) is 10.6 Å². The highest BCUT2D eigenvalue weighted by Crippen LogP contribution is 2.35. The quantitative estimate of drug-likeness (QED) is 0.847. The SMILES string of the molecule is CCn1c(C2CCC2)ccc(C(=O)O)c1=O. The van der Waals surface area contributed by atoms with Crippen LogP contribution in [0, 0.1) is 0 Å². The van der Waals surface area contributed by atoms with Crippen molar-refractivity contribution in [2.45, 2.75) is 38.6 Å². The smallest absolute Gasteiger partial charge is 0.341 e. The number of carboxylic acid groups (broad SMARTS) is 1. The zero-order chi connectivity index (χ0) is 11.7. The van der Waals surface area contributed by atoms with Gasteiger partial charge in [0.05, 0.1) is 0 Å². The summed E-state index contributed by atoms with van der Waals surface area (Å²) in [6, 6.07) is 3.22. The Morgan fingerprint density at radius 3 is 2.62 bits per heavy atom. The number of rotatable bonds is 3. The van der Waals surface area contributed by atoms with E-state index in [1.165, 1.54) is 12.5 Å². The minimum Gasteiger partial charge on any atom is -0.477 e. The molecule has 0 spiro atoms. The van der Waals surface area contributed by atoms with Gasteiger partial charge in [-0.2, -0.15) is 0 Å². The van der Waals surface area contributed by atoms with Crippen molar-refractivity contribution in [1.29, 1.82) is 0 Å². The van der Waals surface area contributed by atoms with Crippen LogP contribution < -0.4 is 5.56 Å². The summed E-state index contributed by atoms with van der Waals surface area (Å²) in [4.78, 5) is 22.7. The minimum absolute atomic E-state index is 0.134. The van der Waals surface area contributed by atoms with Gasteiger partial charge in [0.2, 0.25) is 0 Å². The summed E-state index contributed by atoms with van der Waals surface area (Å²) in [5.74, 6) is -0.706. The van der Waals surface area contributed by atoms with Crippen molar-refractivity contribution in [1.82, 2.24) is 4.57 Å². The van der Waals surface area contributed by atoms with Gasteiger partial charge >= 0.3 is 5.97 Å². The zero-order valence-corrected chi connectivity index (χ0v) is 9.27. The van der Waals surface area contributed by atoms with Crippen LogP contribution in [-0.2, 0) is 6.54 Å². The lowest BCUT2D eigenvalue weighted by molar-refractivity contribution is 0.0694. The predicted octanol–water partition coefficient (Wildman–Crippen LogP) is 1.83. The van der Waals surface area contributed by atoms with Crippen molar-refractivity contribution >= 4 is 5.97 Å². The molecule has 0 unspecified atom stereocenters. The van der Waals surface area contributed by atoms with E-state index < -0.39 is 5.97 Å². The van der Waals surface area contributed by atoms with Crippen LogP contribution in [-0.4, -0.2) is 15.6 Å². The molecule has 0 amide bonds. The Labute approximate surface area is 93.5 Å². The molecule has 1 saturated carbocycles. The van der Waals surface area contributed by atoms with Crippen molar-refractivity contribution in [3.05, 3.63) is 33.7 Å². The van der Waals surface area contributed by atoms with Gasteiger partial charge in [0, 0.05) is 12.2 Å². The number of carbonyl (C=O) groups is 1. The molecule has 0 radical (unpaired) electrons. The lowest BCUT2D eigenvalue weighted by atomic mass is 9.82. The molecular formula is C12H15NO3. The average molecular weight is 221 g/mol. The summed E-state index contributed by atoms with van der Waals surface area (Å²) >= 11 is 0. The van der Waals surface area contributed by atoms with Crippen molar-refractivity contribution in [2.24, 2.45) is 0 Å². The normalized spacial score (nSPS) is 15.8. The molecule has 1 N–H and O–H groups in total. The Balaban J connectivity index is 2.52. The Morgan fingerprint density at radius 1 is 1.50 bits per heavy atom. The topological polar surface area (TPSA) is 59.3 Å². The lowest BCUT2D eigenvalue weighted by Gasteiger charge is -2.28. The second-order valence-corrected chi connectivity index (χ2v) is 4.15. The summed E-state index contributed by atoms with van der Waals surface area (Å²) in [5.41, 5.74) is 0.480. The zero-order valence-electron chi connectivity index (χ0n) is 9.27. The number of aromatic carboxylic acids is 1. The van der Waals surface area contributed by atoms with E-state index in [9.17, 15) is 9.59 Å². The molecule has 0 aromatic carbocycles. The van der Waals surface area contributed by atoms with Crippen LogP contribution in [0.3, 0.4) is 0 Å². The molecule has 1 aliphatic rings. The molecule has 1 fully saturated rings. The van der Waals surface area contributed by atoms with E-state index in [-0.39, 0.29) is 11.1 Å². The van der Waals surface area contributed by atoms with E-state index in [4.69, 9.17) is 5.11 Å². The van der Waals surface area contributed by atoms with Crippen molar-refractivity contribution in [3.63, 3.8) is 0 Å². The maximum Gasteiger partial charge on any atom is 0.341 e. The third-order valence-electron chi connectivity index (χ3n) is 3.28. The predicted molar refractivity (Wildman–Crippen MR) is 59.9 cm³/mol. The highest BCUT2D eigenvalue weighted by Gasteiger charge is 2.24. The lowest BCUT2D eigenvalue weighted by Crippen LogP contribution is -2.30. The van der Waals surface area contributed by atoms with Crippen LogP contribution in [0.1, 0.15) is 48.2 Å². The van der Waals surface area contributed by atoms with Gasteiger partial charge in [-0.1, -0.05) is 6.42 Å². The summed E-state index contributed by atoms with van der Waals surface area (Å²) in [6.07, 6.45) is 3.40. The molecule has 4 nitrogen and oxygen atoms in total. The molecule has 1 heterocycles. The molecule has 86 valence electrons. The second kappa shape index (κ2) is 4.12. The van der Waals surface area contributed by atoms with Crippen LogP contribution in [0.25, 0.3) is 0 Å². The van der Waals surface area contributed by atoms with Crippen molar-refractivity contribution in [2.75, 3.05) is 0 Å². The largest absolute Gasteiger partial charge is 0.477 e. The number of aromatic nitrogens is 1. The summed E-state index contributed by atoms with van der Waals surface area (Å²) in [7, 11) is 0. The van der Waals surface area contributed by atoms with Gasteiger partial charge in [0.25, 0.3) is 5.56 Å². The number of pyridine rings is 1. The van der Waals surface area contributed by atoms with Crippen molar-refractivity contribution in [3.8, 4) is 0 Å². The number of carboxylic acids is 1. The fourth-order valence-corrected chi connectivity index (χ4v) is 2.14. The molecule has 2 rings (SSSR count). The van der Waals surface area contributed by atoms with E-state index >= 15 is 0 Å². The average Bonchev–Trinajstić information content (AvgIpc) is 2.15. The second-order valence-electron chi connectivity index (χ2n) is 4.15. The highest BCUT2D eigenvalue weighted by atomic mass is 16.4. The van der Waals surface area contributed by atoms with E-state index in [0.717, 1.165) is 18.5 Å². The molecule has 4 heteroatoms. The Kier molecular flexibility index (Phi) is 2.81.